The minimum atomic E-state index is -0.180. The number of rotatable bonds is 8. The molecule has 1 fully saturated rings. The van der Waals surface area contributed by atoms with Crippen molar-refractivity contribution in [1.82, 2.24) is 19.3 Å². The first-order valence-corrected chi connectivity index (χ1v) is 15.2. The zero-order valence-electron chi connectivity index (χ0n) is 26.1. The number of nitrogens with zero attached hydrogens (tertiary/aromatic N) is 4. The molecule has 3 aromatic carbocycles. The number of likely N-dealkylation sites (tertiary alicyclic amines) is 1. The maximum absolute atomic E-state index is 13.0. The summed E-state index contributed by atoms with van der Waals surface area (Å²) in [6.45, 7) is 8.02. The summed E-state index contributed by atoms with van der Waals surface area (Å²) in [6.07, 6.45) is 7.37. The number of fused-ring (bicyclic) bond motifs is 1. The number of hydrogen-bond donors (Lipinski definition) is 2. The molecule has 0 bridgehead atoms. The second kappa shape index (κ2) is 12.5. The van der Waals surface area contributed by atoms with E-state index in [0.717, 1.165) is 41.9 Å². The van der Waals surface area contributed by atoms with Gasteiger partial charge in [-0.3, -0.25) is 14.5 Å². The van der Waals surface area contributed by atoms with E-state index in [0.29, 0.717) is 29.3 Å². The number of aromatic nitrogens is 3. The highest BCUT2D eigenvalue weighted by Crippen LogP contribution is 2.28. The summed E-state index contributed by atoms with van der Waals surface area (Å²) in [5.74, 6) is 0.283. The Hall–Kier alpha value is -5.02. The van der Waals surface area contributed by atoms with Gasteiger partial charge in [-0.15, -0.1) is 0 Å². The van der Waals surface area contributed by atoms with Crippen molar-refractivity contribution in [2.75, 3.05) is 24.3 Å². The van der Waals surface area contributed by atoms with Crippen molar-refractivity contribution >= 4 is 34.7 Å². The Kier molecular flexibility index (Phi) is 8.36. The van der Waals surface area contributed by atoms with Crippen molar-refractivity contribution in [3.05, 3.63) is 108 Å². The summed E-state index contributed by atoms with van der Waals surface area (Å²) in [5, 5.41) is 6.46. The molecule has 2 N–H and O–H groups in total. The number of methoxy groups -OCH3 is 1. The van der Waals surface area contributed by atoms with Crippen LogP contribution in [0.5, 0.6) is 0 Å². The van der Waals surface area contributed by atoms with Gasteiger partial charge >= 0.3 is 5.97 Å². The first kappa shape index (κ1) is 30.0. The number of benzene rings is 3. The van der Waals surface area contributed by atoms with Crippen molar-refractivity contribution < 1.29 is 14.3 Å². The highest BCUT2D eigenvalue weighted by Gasteiger charge is 2.31. The van der Waals surface area contributed by atoms with Crippen LogP contribution in [0.4, 0.5) is 17.2 Å². The summed E-state index contributed by atoms with van der Waals surface area (Å²) in [6, 6.07) is 23.4. The van der Waals surface area contributed by atoms with Gasteiger partial charge in [-0.2, -0.15) is 0 Å². The van der Waals surface area contributed by atoms with E-state index in [1.807, 2.05) is 77.5 Å². The molecule has 1 saturated heterocycles. The van der Waals surface area contributed by atoms with Crippen LogP contribution in [0.25, 0.3) is 16.9 Å². The van der Waals surface area contributed by atoms with E-state index in [1.54, 1.807) is 6.20 Å². The van der Waals surface area contributed by atoms with Crippen LogP contribution in [0, 0.1) is 0 Å². The van der Waals surface area contributed by atoms with Crippen LogP contribution in [-0.4, -0.2) is 50.8 Å². The van der Waals surface area contributed by atoms with Crippen LogP contribution in [0.15, 0.2) is 91.4 Å². The first-order valence-electron chi connectivity index (χ1n) is 15.2. The number of imidazole rings is 1. The first-order chi connectivity index (χ1) is 21.7. The molecule has 1 aliphatic heterocycles. The van der Waals surface area contributed by atoms with Crippen molar-refractivity contribution in [3.8, 4) is 11.3 Å². The van der Waals surface area contributed by atoms with Crippen LogP contribution < -0.4 is 10.6 Å². The fourth-order valence-corrected chi connectivity index (χ4v) is 5.72. The summed E-state index contributed by atoms with van der Waals surface area (Å²) in [7, 11) is 1.45. The van der Waals surface area contributed by atoms with Crippen LogP contribution in [0.2, 0.25) is 0 Å². The van der Waals surface area contributed by atoms with Crippen LogP contribution in [-0.2, 0) is 21.5 Å². The molecule has 0 radical (unpaired) electrons. The molecule has 3 heterocycles. The highest BCUT2D eigenvalue weighted by molar-refractivity contribution is 6.04. The molecule has 1 aliphatic rings. The van der Waals surface area contributed by atoms with E-state index >= 15 is 0 Å². The molecular formula is C36H38N6O3. The molecule has 6 rings (SSSR count). The topological polar surface area (TPSA) is 101 Å². The molecule has 0 saturated carbocycles. The molecule has 0 aliphatic carbocycles. The number of esters is 1. The van der Waals surface area contributed by atoms with E-state index < -0.39 is 0 Å². The van der Waals surface area contributed by atoms with Gasteiger partial charge in [-0.1, -0.05) is 57.2 Å². The van der Waals surface area contributed by atoms with Gasteiger partial charge in [0.25, 0.3) is 5.91 Å². The number of carbonyl (C=O) groups excluding carboxylic acids is 2. The lowest BCUT2D eigenvalue weighted by Gasteiger charge is -2.22. The second-order valence-electron chi connectivity index (χ2n) is 12.5. The molecule has 5 aromatic rings. The summed E-state index contributed by atoms with van der Waals surface area (Å²) in [5.41, 5.74) is 6.76. The van der Waals surface area contributed by atoms with Gasteiger partial charge in [0.2, 0.25) is 0 Å². The zero-order valence-corrected chi connectivity index (χ0v) is 26.1. The Morgan fingerprint density at radius 3 is 2.51 bits per heavy atom. The second-order valence-corrected chi connectivity index (χ2v) is 12.5. The average molecular weight is 603 g/mol. The molecule has 45 heavy (non-hydrogen) atoms. The number of amides is 1. The van der Waals surface area contributed by atoms with Crippen molar-refractivity contribution in [1.29, 1.82) is 0 Å². The molecule has 9 nitrogen and oxygen atoms in total. The SMILES string of the molecule is COC(=O)C1CCCN1Cc1ccc(Nc2nc(-c3cccc(NC(=O)c4ccc(C(C)(C)C)cc4)c3)cn3ccnc23)cc1. The van der Waals surface area contributed by atoms with E-state index in [4.69, 9.17) is 9.72 Å². The minimum absolute atomic E-state index is 0.0219. The Morgan fingerprint density at radius 1 is 1.00 bits per heavy atom. The zero-order chi connectivity index (χ0) is 31.6. The van der Waals surface area contributed by atoms with Gasteiger partial charge < -0.3 is 19.8 Å². The van der Waals surface area contributed by atoms with E-state index in [-0.39, 0.29) is 23.3 Å². The number of anilines is 3. The van der Waals surface area contributed by atoms with E-state index in [2.05, 4.69) is 53.4 Å². The van der Waals surface area contributed by atoms with Gasteiger partial charge in [-0.25, -0.2) is 9.97 Å². The molecule has 230 valence electrons. The van der Waals surface area contributed by atoms with Crippen LogP contribution >= 0.6 is 0 Å². The fraction of sp³-hybridized carbons (Fsp3) is 0.278. The lowest BCUT2D eigenvalue weighted by atomic mass is 9.87. The minimum Gasteiger partial charge on any atom is -0.468 e. The molecule has 1 atom stereocenters. The number of hydrogen-bond acceptors (Lipinski definition) is 7. The highest BCUT2D eigenvalue weighted by atomic mass is 16.5. The van der Waals surface area contributed by atoms with Gasteiger partial charge in [0.15, 0.2) is 11.5 Å². The van der Waals surface area contributed by atoms with Crippen LogP contribution in [0.3, 0.4) is 0 Å². The quantitative estimate of drug-likeness (QED) is 0.188. The Bertz CT molecular complexity index is 1820. The van der Waals surface area contributed by atoms with Crippen LogP contribution in [0.1, 0.15) is 55.1 Å². The lowest BCUT2D eigenvalue weighted by molar-refractivity contribution is -0.146. The number of nitrogens with one attached hydrogen (secondary N) is 2. The largest absolute Gasteiger partial charge is 0.468 e. The third-order valence-electron chi connectivity index (χ3n) is 8.24. The van der Waals surface area contributed by atoms with Crippen molar-refractivity contribution in [2.24, 2.45) is 0 Å². The third-order valence-corrected chi connectivity index (χ3v) is 8.24. The third kappa shape index (κ3) is 6.73. The number of ether oxygens (including phenoxy) is 1. The Balaban J connectivity index is 1.19. The van der Waals surface area contributed by atoms with Gasteiger partial charge in [0, 0.05) is 47.6 Å². The summed E-state index contributed by atoms with van der Waals surface area (Å²) >= 11 is 0. The van der Waals surface area contributed by atoms with Gasteiger partial charge in [0.05, 0.1) is 12.8 Å². The Labute approximate surface area is 263 Å². The van der Waals surface area contributed by atoms with E-state index in [9.17, 15) is 9.59 Å². The van der Waals surface area contributed by atoms with Crippen molar-refractivity contribution in [2.45, 2.75) is 51.6 Å². The van der Waals surface area contributed by atoms with Gasteiger partial charge in [0.1, 0.15) is 6.04 Å². The predicted molar refractivity (Wildman–Crippen MR) is 177 cm³/mol. The molecule has 9 heteroatoms. The monoisotopic (exact) mass is 602 g/mol. The van der Waals surface area contributed by atoms with Gasteiger partial charge in [-0.05, 0) is 72.3 Å². The average Bonchev–Trinajstić information content (AvgIpc) is 3.71. The van der Waals surface area contributed by atoms with E-state index in [1.165, 1.54) is 12.7 Å². The molecular weight excluding hydrogens is 564 g/mol. The maximum Gasteiger partial charge on any atom is 0.323 e. The smallest absolute Gasteiger partial charge is 0.323 e. The molecule has 2 aromatic heterocycles. The maximum atomic E-state index is 13.0. The summed E-state index contributed by atoms with van der Waals surface area (Å²) < 4.78 is 6.92. The molecule has 1 unspecified atom stereocenters. The molecule has 0 spiro atoms. The van der Waals surface area contributed by atoms with Crippen molar-refractivity contribution in [3.63, 3.8) is 0 Å². The Morgan fingerprint density at radius 2 is 1.78 bits per heavy atom. The number of carbonyl (C=O) groups is 2. The molecule has 1 amide bonds. The fourth-order valence-electron chi connectivity index (χ4n) is 5.72. The summed E-state index contributed by atoms with van der Waals surface area (Å²) in [4.78, 5) is 36.8. The standard InChI is InChI=1S/C36H38N6O3/c1-36(2,3)27-14-12-25(13-15-27)34(43)39-29-8-5-7-26(21-29)30-23-42-20-18-37-33(42)32(40-30)38-28-16-10-24(11-17-28)22-41-19-6-9-31(41)35(44)45-4/h5,7-8,10-18,20-21,23,31H,6,9,19,22H2,1-4H3,(H,38,40)(H,39,43). The predicted octanol–water partition coefficient (Wildman–Crippen LogP) is 6.83. The normalized spacial score (nSPS) is 15.2. The lowest BCUT2D eigenvalue weighted by Crippen LogP contribution is -2.36.